The lowest BCUT2D eigenvalue weighted by atomic mass is 10.3. The molecular weight excluding hydrogens is 234 g/mol. The summed E-state index contributed by atoms with van der Waals surface area (Å²) in [5.41, 5.74) is 6.78. The van der Waals surface area contributed by atoms with Crippen LogP contribution in [-0.2, 0) is 6.54 Å². The van der Waals surface area contributed by atoms with E-state index in [1.807, 2.05) is 24.6 Å². The fraction of sp³-hybridized carbons (Fsp3) is 0.182. The molecule has 2 rings (SSSR count). The van der Waals surface area contributed by atoms with Gasteiger partial charge in [0, 0.05) is 25.0 Å². The van der Waals surface area contributed by atoms with E-state index in [0.717, 1.165) is 11.4 Å². The number of thioether (sulfide) groups is 1. The average Bonchev–Trinajstić information content (AvgIpc) is 2.37. The summed E-state index contributed by atoms with van der Waals surface area (Å²) in [6, 6.07) is 5.62. The summed E-state index contributed by atoms with van der Waals surface area (Å²) in [7, 11) is 0. The zero-order chi connectivity index (χ0) is 12.1. The molecule has 0 fully saturated rings. The molecule has 0 amide bonds. The van der Waals surface area contributed by atoms with Gasteiger partial charge in [-0.05, 0) is 17.9 Å². The van der Waals surface area contributed by atoms with Crippen LogP contribution in [-0.4, -0.2) is 21.2 Å². The van der Waals surface area contributed by atoms with Crippen LogP contribution in [0, 0.1) is 0 Å². The first-order valence-electron chi connectivity index (χ1n) is 5.09. The van der Waals surface area contributed by atoms with E-state index in [0.29, 0.717) is 17.5 Å². The molecule has 3 N–H and O–H groups in total. The Bertz CT molecular complexity index is 488. The largest absolute Gasteiger partial charge is 0.383 e. The zero-order valence-corrected chi connectivity index (χ0v) is 10.2. The average molecular weight is 247 g/mol. The summed E-state index contributed by atoms with van der Waals surface area (Å²) in [6.07, 6.45) is 5.48. The van der Waals surface area contributed by atoms with Crippen molar-refractivity contribution in [3.63, 3.8) is 0 Å². The Balaban J connectivity index is 2.06. The molecule has 0 radical (unpaired) electrons. The van der Waals surface area contributed by atoms with Crippen molar-refractivity contribution in [2.75, 3.05) is 17.3 Å². The minimum atomic E-state index is 0.470. The van der Waals surface area contributed by atoms with E-state index in [2.05, 4.69) is 20.3 Å². The molecular formula is C11H13N5S. The third-order valence-corrected chi connectivity index (χ3v) is 2.65. The van der Waals surface area contributed by atoms with Crippen LogP contribution in [0.2, 0.25) is 0 Å². The van der Waals surface area contributed by atoms with Crippen LogP contribution in [0.3, 0.4) is 0 Å². The number of anilines is 2. The number of nitrogens with zero attached hydrogens (tertiary/aromatic N) is 3. The van der Waals surface area contributed by atoms with Gasteiger partial charge in [0.1, 0.15) is 11.6 Å². The van der Waals surface area contributed by atoms with Crippen LogP contribution in [0.25, 0.3) is 0 Å². The van der Waals surface area contributed by atoms with Crippen molar-refractivity contribution in [3.8, 4) is 0 Å². The standard InChI is InChI=1S/C11H13N5S/c1-17-11-15-9(12)5-10(16-11)14-7-8-3-2-4-13-6-8/h2-6H,7H2,1H3,(H3,12,14,15,16). The van der Waals surface area contributed by atoms with Gasteiger partial charge in [-0.2, -0.15) is 0 Å². The maximum absolute atomic E-state index is 5.69. The van der Waals surface area contributed by atoms with E-state index in [1.54, 1.807) is 12.3 Å². The molecule has 0 saturated heterocycles. The van der Waals surface area contributed by atoms with Gasteiger partial charge < -0.3 is 11.1 Å². The van der Waals surface area contributed by atoms with Crippen LogP contribution >= 0.6 is 11.8 Å². The van der Waals surface area contributed by atoms with E-state index in [9.17, 15) is 0 Å². The molecule has 0 aliphatic heterocycles. The highest BCUT2D eigenvalue weighted by Gasteiger charge is 2.01. The summed E-state index contributed by atoms with van der Waals surface area (Å²) < 4.78 is 0. The molecule has 2 heterocycles. The lowest BCUT2D eigenvalue weighted by Crippen LogP contribution is -2.04. The summed E-state index contributed by atoms with van der Waals surface area (Å²) >= 11 is 1.46. The van der Waals surface area contributed by atoms with Crippen LogP contribution in [0.4, 0.5) is 11.6 Å². The molecule has 88 valence electrons. The van der Waals surface area contributed by atoms with E-state index >= 15 is 0 Å². The van der Waals surface area contributed by atoms with E-state index in [1.165, 1.54) is 11.8 Å². The molecule has 5 nitrogen and oxygen atoms in total. The molecule has 0 aromatic carbocycles. The van der Waals surface area contributed by atoms with Gasteiger partial charge >= 0.3 is 0 Å². The maximum Gasteiger partial charge on any atom is 0.191 e. The number of rotatable bonds is 4. The van der Waals surface area contributed by atoms with Gasteiger partial charge in [0.25, 0.3) is 0 Å². The monoisotopic (exact) mass is 247 g/mol. The molecule has 0 aliphatic carbocycles. The Morgan fingerprint density at radius 3 is 3.00 bits per heavy atom. The normalized spacial score (nSPS) is 10.2. The molecule has 2 aromatic heterocycles. The molecule has 2 aromatic rings. The Hall–Kier alpha value is -1.82. The first-order valence-corrected chi connectivity index (χ1v) is 6.32. The zero-order valence-electron chi connectivity index (χ0n) is 9.42. The quantitative estimate of drug-likeness (QED) is 0.633. The van der Waals surface area contributed by atoms with Gasteiger partial charge in [0.05, 0.1) is 0 Å². The Morgan fingerprint density at radius 2 is 2.29 bits per heavy atom. The fourth-order valence-electron chi connectivity index (χ4n) is 1.32. The van der Waals surface area contributed by atoms with Gasteiger partial charge in [-0.25, -0.2) is 9.97 Å². The molecule has 0 atom stereocenters. The minimum absolute atomic E-state index is 0.470. The first-order chi connectivity index (χ1) is 8.28. The van der Waals surface area contributed by atoms with Crippen molar-refractivity contribution in [1.82, 2.24) is 15.0 Å². The summed E-state index contributed by atoms with van der Waals surface area (Å²) in [5.74, 6) is 1.20. The maximum atomic E-state index is 5.69. The van der Waals surface area contributed by atoms with Crippen molar-refractivity contribution in [3.05, 3.63) is 36.2 Å². The number of hydrogen-bond acceptors (Lipinski definition) is 6. The van der Waals surface area contributed by atoms with E-state index < -0.39 is 0 Å². The van der Waals surface area contributed by atoms with Crippen molar-refractivity contribution in [2.24, 2.45) is 0 Å². The van der Waals surface area contributed by atoms with Crippen molar-refractivity contribution >= 4 is 23.4 Å². The van der Waals surface area contributed by atoms with Gasteiger partial charge in [-0.1, -0.05) is 17.8 Å². The second-order valence-corrected chi connectivity index (χ2v) is 4.15. The smallest absolute Gasteiger partial charge is 0.191 e. The van der Waals surface area contributed by atoms with Crippen molar-refractivity contribution in [1.29, 1.82) is 0 Å². The van der Waals surface area contributed by atoms with Gasteiger partial charge in [-0.3, -0.25) is 4.98 Å². The van der Waals surface area contributed by atoms with Crippen LogP contribution in [0.5, 0.6) is 0 Å². The molecule has 0 saturated carbocycles. The SMILES string of the molecule is CSc1nc(N)cc(NCc2cccnc2)n1. The topological polar surface area (TPSA) is 76.7 Å². The molecule has 0 bridgehead atoms. The number of hydrogen-bond donors (Lipinski definition) is 2. The fourth-order valence-corrected chi connectivity index (χ4v) is 1.71. The lowest BCUT2D eigenvalue weighted by Gasteiger charge is -2.07. The predicted octanol–water partition coefficient (Wildman–Crippen LogP) is 1.79. The van der Waals surface area contributed by atoms with Crippen LogP contribution in [0.15, 0.2) is 35.7 Å². The van der Waals surface area contributed by atoms with Crippen molar-refractivity contribution < 1.29 is 0 Å². The number of pyridine rings is 1. The Morgan fingerprint density at radius 1 is 1.41 bits per heavy atom. The van der Waals surface area contributed by atoms with E-state index in [4.69, 9.17) is 5.73 Å². The van der Waals surface area contributed by atoms with E-state index in [-0.39, 0.29) is 0 Å². The van der Waals surface area contributed by atoms with Crippen LogP contribution < -0.4 is 11.1 Å². The van der Waals surface area contributed by atoms with Crippen LogP contribution in [0.1, 0.15) is 5.56 Å². The van der Waals surface area contributed by atoms with Gasteiger partial charge in [0.15, 0.2) is 5.16 Å². The third kappa shape index (κ3) is 3.32. The number of nitrogens with two attached hydrogens (primary N) is 1. The highest BCUT2D eigenvalue weighted by Crippen LogP contribution is 2.15. The predicted molar refractivity (Wildman–Crippen MR) is 69.8 cm³/mol. The molecule has 0 aliphatic rings. The lowest BCUT2D eigenvalue weighted by molar-refractivity contribution is 0.962. The number of nitrogen functional groups attached to an aromatic ring is 1. The number of nitrogens with one attached hydrogen (secondary N) is 1. The Labute approximate surface area is 104 Å². The highest BCUT2D eigenvalue weighted by molar-refractivity contribution is 7.98. The summed E-state index contributed by atoms with van der Waals surface area (Å²) in [6.45, 7) is 0.665. The molecule has 0 spiro atoms. The summed E-state index contributed by atoms with van der Waals surface area (Å²) in [5, 5.41) is 3.86. The molecule has 6 heteroatoms. The molecule has 0 unspecified atom stereocenters. The second-order valence-electron chi connectivity index (χ2n) is 3.38. The minimum Gasteiger partial charge on any atom is -0.383 e. The van der Waals surface area contributed by atoms with Gasteiger partial charge in [-0.15, -0.1) is 0 Å². The van der Waals surface area contributed by atoms with Crippen molar-refractivity contribution in [2.45, 2.75) is 11.7 Å². The summed E-state index contributed by atoms with van der Waals surface area (Å²) in [4.78, 5) is 12.4. The third-order valence-electron chi connectivity index (χ3n) is 2.10. The Kier molecular flexibility index (Phi) is 3.77. The first kappa shape index (κ1) is 11.7. The molecule has 17 heavy (non-hydrogen) atoms. The van der Waals surface area contributed by atoms with Gasteiger partial charge in [0.2, 0.25) is 0 Å². The number of aromatic nitrogens is 3. The highest BCUT2D eigenvalue weighted by atomic mass is 32.2. The second kappa shape index (κ2) is 5.49.